The van der Waals surface area contributed by atoms with Gasteiger partial charge in [0.25, 0.3) is 0 Å². The number of aryl methyl sites for hydroxylation is 2. The molecule has 1 aromatic heterocycles. The van der Waals surface area contributed by atoms with Crippen LogP contribution in [0.2, 0.25) is 0 Å². The van der Waals surface area contributed by atoms with Crippen molar-refractivity contribution in [2.75, 3.05) is 20.1 Å². The van der Waals surface area contributed by atoms with Crippen molar-refractivity contribution in [3.05, 3.63) is 64.5 Å². The number of likely N-dealkylation sites (tertiary alicyclic amines) is 1. The zero-order valence-electron chi connectivity index (χ0n) is 14.4. The molecule has 0 saturated carbocycles. The normalized spacial score (nSPS) is 17.3. The molecular weight excluding hydrogens is 336 g/mol. The largest absolute Gasteiger partial charge is 0.478 e. The minimum atomic E-state index is -0.856. The topological polar surface area (TPSA) is 45.5 Å². The highest BCUT2D eigenvalue weighted by molar-refractivity contribution is 5.91. The first-order valence-electron chi connectivity index (χ1n) is 8.56. The Morgan fingerprint density at radius 3 is 2.56 bits per heavy atom. The number of carboxylic acids is 1. The lowest BCUT2D eigenvalue weighted by atomic mass is 9.88. The van der Waals surface area contributed by atoms with Crippen molar-refractivity contribution in [2.24, 2.45) is 0 Å². The molecule has 3 heterocycles. The van der Waals surface area contributed by atoms with E-state index in [9.17, 15) is 9.90 Å². The fourth-order valence-corrected chi connectivity index (χ4v) is 3.89. The van der Waals surface area contributed by atoms with E-state index in [2.05, 4.69) is 34.8 Å². The molecule has 0 atom stereocenters. The second-order valence-corrected chi connectivity index (χ2v) is 6.80. The van der Waals surface area contributed by atoms with Crippen LogP contribution in [0.1, 0.15) is 40.0 Å². The first-order chi connectivity index (χ1) is 11.6. The van der Waals surface area contributed by atoms with Crippen molar-refractivity contribution in [2.45, 2.75) is 25.8 Å². The summed E-state index contributed by atoms with van der Waals surface area (Å²) < 4.78 is 2.31. The molecule has 132 valence electrons. The lowest BCUT2D eigenvalue weighted by Crippen LogP contribution is -2.27. The standard InChI is InChI=1S/C20H22N2O2.ClH/c1-21-10-6-15(7-11-21)19-17-13-16(20(23)24)5-4-14(17)8-12-22-9-2-3-18(19)22;/h2-5,9,13H,6-8,10-12H2,1H3,(H,23,24);1H. The number of fused-ring (bicyclic) bond motifs is 2. The lowest BCUT2D eigenvalue weighted by Gasteiger charge is -2.27. The second-order valence-electron chi connectivity index (χ2n) is 6.80. The fraction of sp³-hybridized carbons (Fsp3) is 0.350. The number of carbonyl (C=O) groups is 1. The number of carboxylic acid groups (broad SMARTS) is 1. The third-order valence-corrected chi connectivity index (χ3v) is 5.28. The molecule has 2 aliphatic rings. The van der Waals surface area contributed by atoms with Crippen LogP contribution in [0, 0.1) is 0 Å². The van der Waals surface area contributed by atoms with Gasteiger partial charge in [0.1, 0.15) is 0 Å². The van der Waals surface area contributed by atoms with Crippen molar-refractivity contribution in [3.8, 4) is 0 Å². The molecule has 0 spiro atoms. The summed E-state index contributed by atoms with van der Waals surface area (Å²) in [6, 6.07) is 9.88. The third kappa shape index (κ3) is 3.24. The van der Waals surface area contributed by atoms with Gasteiger partial charge in [0.2, 0.25) is 0 Å². The Kier molecular flexibility index (Phi) is 5.02. The highest BCUT2D eigenvalue weighted by Gasteiger charge is 2.24. The Hall–Kier alpha value is -2.04. The van der Waals surface area contributed by atoms with Gasteiger partial charge in [0.15, 0.2) is 0 Å². The van der Waals surface area contributed by atoms with E-state index in [0.717, 1.165) is 44.5 Å². The minimum Gasteiger partial charge on any atom is -0.478 e. The molecule has 1 fully saturated rings. The summed E-state index contributed by atoms with van der Waals surface area (Å²) in [4.78, 5) is 13.8. The highest BCUT2D eigenvalue weighted by Crippen LogP contribution is 2.37. The van der Waals surface area contributed by atoms with Crippen LogP contribution in [0.15, 0.2) is 42.1 Å². The van der Waals surface area contributed by atoms with E-state index in [1.165, 1.54) is 22.4 Å². The van der Waals surface area contributed by atoms with Gasteiger partial charge in [-0.25, -0.2) is 4.79 Å². The van der Waals surface area contributed by atoms with E-state index in [1.54, 1.807) is 6.07 Å². The number of aromatic carboxylic acids is 1. The van der Waals surface area contributed by atoms with Crippen molar-refractivity contribution < 1.29 is 9.90 Å². The van der Waals surface area contributed by atoms with Crippen molar-refractivity contribution in [3.63, 3.8) is 0 Å². The zero-order valence-corrected chi connectivity index (χ0v) is 15.2. The maximum Gasteiger partial charge on any atom is 0.335 e. The third-order valence-electron chi connectivity index (χ3n) is 5.28. The van der Waals surface area contributed by atoms with E-state index in [4.69, 9.17) is 0 Å². The Morgan fingerprint density at radius 1 is 1.08 bits per heavy atom. The molecule has 1 aromatic carbocycles. The SMILES string of the molecule is CN1CCC(=C2c3cc(C(=O)O)ccc3CCn3cccc32)CC1.Cl. The minimum absolute atomic E-state index is 0. The van der Waals surface area contributed by atoms with Gasteiger partial charge >= 0.3 is 5.97 Å². The maximum atomic E-state index is 11.5. The van der Waals surface area contributed by atoms with E-state index in [0.29, 0.717) is 5.56 Å². The number of piperidine rings is 1. The molecule has 0 radical (unpaired) electrons. The molecule has 2 aromatic rings. The van der Waals surface area contributed by atoms with Gasteiger partial charge in [-0.05, 0) is 61.7 Å². The molecule has 2 aliphatic heterocycles. The Bertz CT molecular complexity index is 828. The monoisotopic (exact) mass is 358 g/mol. The van der Waals surface area contributed by atoms with Crippen molar-refractivity contribution >= 4 is 23.9 Å². The van der Waals surface area contributed by atoms with Crippen LogP contribution < -0.4 is 0 Å². The van der Waals surface area contributed by atoms with E-state index in [-0.39, 0.29) is 12.4 Å². The van der Waals surface area contributed by atoms with Gasteiger partial charge < -0.3 is 14.6 Å². The molecule has 0 bridgehead atoms. The predicted octanol–water partition coefficient (Wildman–Crippen LogP) is 3.69. The number of hydrogen-bond donors (Lipinski definition) is 1. The Balaban J connectivity index is 0.00000182. The quantitative estimate of drug-likeness (QED) is 0.845. The van der Waals surface area contributed by atoms with Crippen LogP contribution in [0.3, 0.4) is 0 Å². The summed E-state index contributed by atoms with van der Waals surface area (Å²) in [6.07, 6.45) is 5.17. The summed E-state index contributed by atoms with van der Waals surface area (Å²) >= 11 is 0. The summed E-state index contributed by atoms with van der Waals surface area (Å²) in [5.41, 5.74) is 6.70. The summed E-state index contributed by atoms with van der Waals surface area (Å²) in [5.74, 6) is -0.856. The summed E-state index contributed by atoms with van der Waals surface area (Å²) in [5, 5.41) is 9.42. The number of rotatable bonds is 1. The zero-order chi connectivity index (χ0) is 16.7. The van der Waals surface area contributed by atoms with E-state index in [1.807, 2.05) is 12.1 Å². The number of aromatic nitrogens is 1. The molecule has 0 amide bonds. The van der Waals surface area contributed by atoms with Crippen LogP contribution >= 0.6 is 12.4 Å². The molecule has 25 heavy (non-hydrogen) atoms. The maximum absolute atomic E-state index is 11.5. The van der Waals surface area contributed by atoms with Crippen LogP contribution in [-0.4, -0.2) is 40.7 Å². The van der Waals surface area contributed by atoms with Crippen molar-refractivity contribution in [1.82, 2.24) is 9.47 Å². The Morgan fingerprint density at radius 2 is 1.84 bits per heavy atom. The van der Waals surface area contributed by atoms with Gasteiger partial charge in [-0.1, -0.05) is 11.6 Å². The number of nitrogens with zero attached hydrogens (tertiary/aromatic N) is 2. The van der Waals surface area contributed by atoms with Crippen LogP contribution in [0.25, 0.3) is 5.57 Å². The lowest BCUT2D eigenvalue weighted by molar-refractivity contribution is 0.0697. The summed E-state index contributed by atoms with van der Waals surface area (Å²) in [7, 11) is 2.16. The fourth-order valence-electron chi connectivity index (χ4n) is 3.89. The van der Waals surface area contributed by atoms with E-state index < -0.39 is 5.97 Å². The first kappa shape index (κ1) is 17.8. The summed E-state index contributed by atoms with van der Waals surface area (Å²) in [6.45, 7) is 3.07. The molecule has 1 N–H and O–H groups in total. The van der Waals surface area contributed by atoms with Crippen LogP contribution in [0.4, 0.5) is 0 Å². The average Bonchev–Trinajstić information content (AvgIpc) is 2.98. The average molecular weight is 359 g/mol. The van der Waals surface area contributed by atoms with Gasteiger partial charge in [-0.2, -0.15) is 0 Å². The molecule has 5 heteroatoms. The van der Waals surface area contributed by atoms with Gasteiger partial charge in [-0.3, -0.25) is 0 Å². The molecule has 0 aliphatic carbocycles. The van der Waals surface area contributed by atoms with Crippen LogP contribution in [0.5, 0.6) is 0 Å². The number of hydrogen-bond acceptors (Lipinski definition) is 2. The van der Waals surface area contributed by atoms with E-state index >= 15 is 0 Å². The predicted molar refractivity (Wildman–Crippen MR) is 102 cm³/mol. The highest BCUT2D eigenvalue weighted by atomic mass is 35.5. The number of benzene rings is 1. The molecule has 4 nitrogen and oxygen atoms in total. The molecule has 1 saturated heterocycles. The van der Waals surface area contributed by atoms with Gasteiger partial charge in [0, 0.05) is 37.1 Å². The smallest absolute Gasteiger partial charge is 0.335 e. The molecule has 0 unspecified atom stereocenters. The first-order valence-corrected chi connectivity index (χ1v) is 8.56. The Labute approximate surface area is 154 Å². The van der Waals surface area contributed by atoms with Crippen LogP contribution in [-0.2, 0) is 13.0 Å². The molecule has 4 rings (SSSR count). The second kappa shape index (κ2) is 7.06. The van der Waals surface area contributed by atoms with Crippen molar-refractivity contribution in [1.29, 1.82) is 0 Å². The van der Waals surface area contributed by atoms with Gasteiger partial charge in [0.05, 0.1) is 5.56 Å². The van der Waals surface area contributed by atoms with Gasteiger partial charge in [-0.15, -0.1) is 12.4 Å². The molecular formula is C20H23ClN2O2. The number of halogens is 1.